The third kappa shape index (κ3) is 2.51. The highest BCUT2D eigenvalue weighted by Gasteiger charge is 2.21. The quantitative estimate of drug-likeness (QED) is 0.654. The predicted octanol–water partition coefficient (Wildman–Crippen LogP) is 3.23. The van der Waals surface area contributed by atoms with Gasteiger partial charge in [0.2, 0.25) is 5.82 Å². The van der Waals surface area contributed by atoms with Gasteiger partial charge in [0.15, 0.2) is 0 Å². The molecular weight excluding hydrogens is 230 g/mol. The van der Waals surface area contributed by atoms with Crippen molar-refractivity contribution in [2.24, 2.45) is 0 Å². The summed E-state index contributed by atoms with van der Waals surface area (Å²) >= 11 is 0. The second-order valence-electron chi connectivity index (χ2n) is 4.17. The molecule has 0 unspecified atom stereocenters. The fourth-order valence-electron chi connectivity index (χ4n) is 2.08. The number of nitro benzene ring substituents is 1. The molecule has 17 heavy (non-hydrogen) atoms. The van der Waals surface area contributed by atoms with Gasteiger partial charge in [-0.3, -0.25) is 10.1 Å². The van der Waals surface area contributed by atoms with Crippen LogP contribution in [0.1, 0.15) is 25.7 Å². The minimum Gasteiger partial charge on any atom is -0.380 e. The Morgan fingerprint density at radius 1 is 1.24 bits per heavy atom. The van der Waals surface area contributed by atoms with E-state index in [9.17, 15) is 18.9 Å². The third-order valence-corrected chi connectivity index (χ3v) is 2.95. The molecule has 0 saturated heterocycles. The lowest BCUT2D eigenvalue weighted by Gasteiger charge is -2.13. The van der Waals surface area contributed by atoms with Crippen LogP contribution in [0.5, 0.6) is 0 Å². The first-order chi connectivity index (χ1) is 8.08. The van der Waals surface area contributed by atoms with E-state index in [-0.39, 0.29) is 11.7 Å². The molecule has 1 fully saturated rings. The molecule has 0 amide bonds. The highest BCUT2D eigenvalue weighted by molar-refractivity contribution is 5.53. The van der Waals surface area contributed by atoms with Crippen LogP contribution in [0.25, 0.3) is 0 Å². The van der Waals surface area contributed by atoms with Crippen LogP contribution in [0.3, 0.4) is 0 Å². The molecule has 1 aliphatic carbocycles. The van der Waals surface area contributed by atoms with Crippen molar-refractivity contribution >= 4 is 11.4 Å². The fourth-order valence-corrected chi connectivity index (χ4v) is 2.08. The lowest BCUT2D eigenvalue weighted by molar-refractivity contribution is -0.387. The molecule has 92 valence electrons. The van der Waals surface area contributed by atoms with Crippen LogP contribution in [-0.4, -0.2) is 11.0 Å². The van der Waals surface area contributed by atoms with Gasteiger partial charge in [-0.15, -0.1) is 0 Å². The molecule has 1 aromatic rings. The van der Waals surface area contributed by atoms with Crippen molar-refractivity contribution in [2.45, 2.75) is 31.7 Å². The number of nitrogens with one attached hydrogen (secondary N) is 1. The maximum absolute atomic E-state index is 13.4. The number of benzene rings is 1. The summed E-state index contributed by atoms with van der Waals surface area (Å²) in [5.41, 5.74) is -0.697. The minimum absolute atomic E-state index is 0.00463. The van der Waals surface area contributed by atoms with E-state index in [1.807, 2.05) is 0 Å². The summed E-state index contributed by atoms with van der Waals surface area (Å²) in [6, 6.07) is 1.59. The number of halogens is 2. The van der Waals surface area contributed by atoms with Crippen molar-refractivity contribution < 1.29 is 13.7 Å². The van der Waals surface area contributed by atoms with Gasteiger partial charge in [-0.2, -0.15) is 4.39 Å². The van der Waals surface area contributed by atoms with Crippen molar-refractivity contribution in [1.29, 1.82) is 0 Å². The molecule has 0 bridgehead atoms. The van der Waals surface area contributed by atoms with Gasteiger partial charge >= 0.3 is 5.69 Å². The minimum atomic E-state index is -1.15. The van der Waals surface area contributed by atoms with Crippen LogP contribution < -0.4 is 5.32 Å². The molecule has 0 radical (unpaired) electrons. The van der Waals surface area contributed by atoms with Crippen LogP contribution in [0, 0.1) is 21.7 Å². The zero-order valence-electron chi connectivity index (χ0n) is 9.08. The summed E-state index contributed by atoms with van der Waals surface area (Å²) in [6.07, 6.45) is 3.93. The standard InChI is InChI=1S/C11H12F2N2O2/c12-8-5-9(13)11(15(16)17)6-10(8)14-7-3-1-2-4-7/h5-7,14H,1-4H2. The van der Waals surface area contributed by atoms with E-state index in [1.165, 1.54) is 0 Å². The SMILES string of the molecule is O=[N+]([O-])c1cc(NC2CCCC2)c(F)cc1F. The normalized spacial score (nSPS) is 16.1. The number of rotatable bonds is 3. The molecule has 6 heteroatoms. The highest BCUT2D eigenvalue weighted by Crippen LogP contribution is 2.28. The van der Waals surface area contributed by atoms with Gasteiger partial charge in [-0.25, -0.2) is 4.39 Å². The molecule has 1 aliphatic rings. The lowest BCUT2D eigenvalue weighted by atomic mass is 10.2. The van der Waals surface area contributed by atoms with Crippen LogP contribution >= 0.6 is 0 Å². The van der Waals surface area contributed by atoms with E-state index >= 15 is 0 Å². The first-order valence-electron chi connectivity index (χ1n) is 5.48. The van der Waals surface area contributed by atoms with Crippen molar-refractivity contribution in [3.63, 3.8) is 0 Å². The molecule has 0 aliphatic heterocycles. The Bertz CT molecular complexity index is 445. The third-order valence-electron chi connectivity index (χ3n) is 2.95. The second kappa shape index (κ2) is 4.65. The predicted molar refractivity (Wildman–Crippen MR) is 58.9 cm³/mol. The van der Waals surface area contributed by atoms with E-state index in [1.54, 1.807) is 0 Å². The molecule has 0 aromatic heterocycles. The van der Waals surface area contributed by atoms with Gasteiger partial charge in [0.1, 0.15) is 5.82 Å². The summed E-state index contributed by atoms with van der Waals surface area (Å²) in [5, 5.41) is 13.4. The Balaban J connectivity index is 2.26. The van der Waals surface area contributed by atoms with Crippen molar-refractivity contribution in [3.8, 4) is 0 Å². The Hall–Kier alpha value is -1.72. The summed E-state index contributed by atoms with van der Waals surface area (Å²) in [7, 11) is 0. The van der Waals surface area contributed by atoms with Crippen LogP contribution in [0.15, 0.2) is 12.1 Å². The molecule has 4 nitrogen and oxygen atoms in total. The summed E-state index contributed by atoms with van der Waals surface area (Å²) < 4.78 is 26.5. The maximum Gasteiger partial charge on any atom is 0.307 e. The van der Waals surface area contributed by atoms with Gasteiger partial charge < -0.3 is 5.32 Å². The largest absolute Gasteiger partial charge is 0.380 e. The number of nitro groups is 1. The van der Waals surface area contributed by atoms with Gasteiger partial charge in [0.25, 0.3) is 0 Å². The monoisotopic (exact) mass is 242 g/mol. The lowest BCUT2D eigenvalue weighted by Crippen LogP contribution is -2.15. The topological polar surface area (TPSA) is 55.2 Å². The number of hydrogen-bond acceptors (Lipinski definition) is 3. The first kappa shape index (κ1) is 11.8. The fraction of sp³-hybridized carbons (Fsp3) is 0.455. The molecule has 2 rings (SSSR count). The average molecular weight is 242 g/mol. The Kier molecular flexibility index (Phi) is 3.21. The summed E-state index contributed by atoms with van der Waals surface area (Å²) in [6.45, 7) is 0. The molecule has 1 aromatic carbocycles. The van der Waals surface area contributed by atoms with E-state index < -0.39 is 22.2 Å². The van der Waals surface area contributed by atoms with E-state index in [4.69, 9.17) is 0 Å². The molecule has 0 atom stereocenters. The van der Waals surface area contributed by atoms with Gasteiger partial charge in [-0.1, -0.05) is 12.8 Å². The molecular formula is C11H12F2N2O2. The van der Waals surface area contributed by atoms with Crippen LogP contribution in [0.4, 0.5) is 20.2 Å². The van der Waals surface area contributed by atoms with Crippen LogP contribution in [0.2, 0.25) is 0 Å². The highest BCUT2D eigenvalue weighted by atomic mass is 19.1. The molecule has 0 heterocycles. The molecule has 1 N–H and O–H groups in total. The van der Waals surface area contributed by atoms with Gasteiger partial charge in [0.05, 0.1) is 10.6 Å². The zero-order valence-corrected chi connectivity index (χ0v) is 9.08. The smallest absolute Gasteiger partial charge is 0.307 e. The van der Waals surface area contributed by atoms with Gasteiger partial charge in [-0.05, 0) is 12.8 Å². The zero-order chi connectivity index (χ0) is 12.4. The van der Waals surface area contributed by atoms with E-state index in [0.29, 0.717) is 6.07 Å². The van der Waals surface area contributed by atoms with E-state index in [2.05, 4.69) is 5.32 Å². The summed E-state index contributed by atoms with van der Waals surface area (Å²) in [5.74, 6) is -1.94. The molecule has 0 spiro atoms. The number of nitrogens with zero attached hydrogens (tertiary/aromatic N) is 1. The number of hydrogen-bond donors (Lipinski definition) is 1. The Morgan fingerprint density at radius 2 is 1.88 bits per heavy atom. The maximum atomic E-state index is 13.4. The van der Waals surface area contributed by atoms with Crippen molar-refractivity contribution in [2.75, 3.05) is 5.32 Å². The Labute approximate surface area is 96.8 Å². The van der Waals surface area contributed by atoms with Crippen molar-refractivity contribution in [3.05, 3.63) is 33.9 Å². The Morgan fingerprint density at radius 3 is 2.47 bits per heavy atom. The first-order valence-corrected chi connectivity index (χ1v) is 5.48. The van der Waals surface area contributed by atoms with Crippen LogP contribution in [-0.2, 0) is 0 Å². The number of anilines is 1. The van der Waals surface area contributed by atoms with Gasteiger partial charge in [0, 0.05) is 18.2 Å². The summed E-state index contributed by atoms with van der Waals surface area (Å²) in [4.78, 5) is 9.69. The average Bonchev–Trinajstić information content (AvgIpc) is 2.74. The van der Waals surface area contributed by atoms with E-state index in [0.717, 1.165) is 31.7 Å². The second-order valence-corrected chi connectivity index (χ2v) is 4.17. The molecule has 1 saturated carbocycles. The van der Waals surface area contributed by atoms with Crippen molar-refractivity contribution in [1.82, 2.24) is 0 Å².